The van der Waals surface area contributed by atoms with E-state index in [0.717, 1.165) is 24.0 Å². The Morgan fingerprint density at radius 2 is 1.84 bits per heavy atom. The van der Waals surface area contributed by atoms with Gasteiger partial charge in [-0.15, -0.1) is 0 Å². The maximum absolute atomic E-state index is 12.0. The summed E-state index contributed by atoms with van der Waals surface area (Å²) in [6, 6.07) is 7.23. The topological polar surface area (TPSA) is 75.4 Å². The fourth-order valence-electron chi connectivity index (χ4n) is 1.98. The van der Waals surface area contributed by atoms with Crippen LogP contribution in [-0.4, -0.2) is 30.8 Å². The predicted octanol–water partition coefficient (Wildman–Crippen LogP) is 0.751. The molecule has 104 valence electrons. The zero-order valence-corrected chi connectivity index (χ0v) is 12.1. The summed E-state index contributed by atoms with van der Waals surface area (Å²) in [6.07, 6.45) is 1.87. The van der Waals surface area contributed by atoms with Gasteiger partial charge in [-0.05, 0) is 18.4 Å². The number of benzene rings is 1. The van der Waals surface area contributed by atoms with E-state index in [1.54, 1.807) is 12.1 Å². The number of hydrogen-bond acceptors (Lipinski definition) is 3. The number of nitrogens with two attached hydrogens (primary N) is 1. The predicted molar refractivity (Wildman–Crippen MR) is 78.9 cm³/mol. The van der Waals surface area contributed by atoms with E-state index < -0.39 is 10.2 Å². The van der Waals surface area contributed by atoms with Crippen molar-refractivity contribution in [3.8, 4) is 0 Å². The highest BCUT2D eigenvalue weighted by atomic mass is 32.2. The molecule has 1 aliphatic heterocycles. The van der Waals surface area contributed by atoms with Gasteiger partial charge in [0.25, 0.3) is 10.2 Å². The molecule has 0 unspecified atom stereocenters. The molecule has 1 saturated heterocycles. The third kappa shape index (κ3) is 3.73. The van der Waals surface area contributed by atoms with Crippen LogP contribution in [0.15, 0.2) is 24.3 Å². The fraction of sp³-hybridized carbons (Fsp3) is 0.417. The summed E-state index contributed by atoms with van der Waals surface area (Å²) in [5.74, 6) is 0. The van der Waals surface area contributed by atoms with Crippen molar-refractivity contribution in [2.24, 2.45) is 5.73 Å². The van der Waals surface area contributed by atoms with Crippen molar-refractivity contribution in [2.45, 2.75) is 19.4 Å². The van der Waals surface area contributed by atoms with Gasteiger partial charge in [0.2, 0.25) is 0 Å². The van der Waals surface area contributed by atoms with E-state index in [1.165, 1.54) is 4.31 Å². The molecule has 0 atom stereocenters. The van der Waals surface area contributed by atoms with E-state index in [4.69, 9.17) is 18.0 Å². The Balaban J connectivity index is 1.96. The van der Waals surface area contributed by atoms with E-state index in [2.05, 4.69) is 4.72 Å². The first-order chi connectivity index (χ1) is 8.99. The third-order valence-electron chi connectivity index (χ3n) is 3.10. The van der Waals surface area contributed by atoms with Gasteiger partial charge in [0.05, 0.1) is 0 Å². The lowest BCUT2D eigenvalue weighted by atomic mass is 10.1. The smallest absolute Gasteiger partial charge is 0.279 e. The second-order valence-electron chi connectivity index (χ2n) is 4.49. The lowest BCUT2D eigenvalue weighted by Gasteiger charge is -2.16. The molecule has 3 N–H and O–H groups in total. The molecule has 5 nitrogen and oxygen atoms in total. The minimum absolute atomic E-state index is 0.274. The molecule has 0 aliphatic carbocycles. The number of hydrogen-bond donors (Lipinski definition) is 2. The first-order valence-corrected chi connectivity index (χ1v) is 7.97. The molecular weight excluding hydrogens is 282 g/mol. The minimum Gasteiger partial charge on any atom is -0.389 e. The average Bonchev–Trinajstić information content (AvgIpc) is 2.91. The summed E-state index contributed by atoms with van der Waals surface area (Å²) < 4.78 is 28.0. The van der Waals surface area contributed by atoms with Crippen LogP contribution in [-0.2, 0) is 16.8 Å². The van der Waals surface area contributed by atoms with Gasteiger partial charge in [-0.1, -0.05) is 36.5 Å². The molecule has 19 heavy (non-hydrogen) atoms. The lowest BCUT2D eigenvalue weighted by Crippen LogP contribution is -2.38. The largest absolute Gasteiger partial charge is 0.389 e. The van der Waals surface area contributed by atoms with E-state index in [1.807, 2.05) is 12.1 Å². The van der Waals surface area contributed by atoms with E-state index in [0.29, 0.717) is 18.1 Å². The Bertz CT molecular complexity index is 549. The Hall–Kier alpha value is -1.02. The zero-order chi connectivity index (χ0) is 13.9. The Morgan fingerprint density at radius 1 is 1.26 bits per heavy atom. The van der Waals surface area contributed by atoms with E-state index in [-0.39, 0.29) is 6.54 Å². The van der Waals surface area contributed by atoms with Crippen molar-refractivity contribution in [3.63, 3.8) is 0 Å². The second kappa shape index (κ2) is 5.96. The average molecular weight is 299 g/mol. The Kier molecular flexibility index (Phi) is 4.51. The van der Waals surface area contributed by atoms with Crippen LogP contribution in [0.4, 0.5) is 0 Å². The molecule has 7 heteroatoms. The van der Waals surface area contributed by atoms with Crippen LogP contribution in [0.2, 0.25) is 0 Å². The molecule has 1 aromatic carbocycles. The molecule has 1 fully saturated rings. The normalized spacial score (nSPS) is 16.6. The highest BCUT2D eigenvalue weighted by Crippen LogP contribution is 2.12. The first-order valence-electron chi connectivity index (χ1n) is 6.12. The van der Waals surface area contributed by atoms with E-state index >= 15 is 0 Å². The van der Waals surface area contributed by atoms with Gasteiger partial charge in [-0.25, -0.2) is 0 Å². The summed E-state index contributed by atoms with van der Waals surface area (Å²) >= 11 is 4.86. The van der Waals surface area contributed by atoms with Crippen molar-refractivity contribution < 1.29 is 8.42 Å². The molecule has 1 aromatic rings. The van der Waals surface area contributed by atoms with Crippen LogP contribution < -0.4 is 10.5 Å². The van der Waals surface area contributed by atoms with Gasteiger partial charge in [-0.3, -0.25) is 0 Å². The van der Waals surface area contributed by atoms with Crippen LogP contribution in [0.25, 0.3) is 0 Å². The van der Waals surface area contributed by atoms with Crippen molar-refractivity contribution >= 4 is 27.4 Å². The summed E-state index contributed by atoms with van der Waals surface area (Å²) in [7, 11) is -3.35. The lowest BCUT2D eigenvalue weighted by molar-refractivity contribution is 0.464. The van der Waals surface area contributed by atoms with Gasteiger partial charge >= 0.3 is 0 Å². The van der Waals surface area contributed by atoms with Crippen molar-refractivity contribution in [1.29, 1.82) is 0 Å². The first kappa shape index (κ1) is 14.4. The molecule has 0 aromatic heterocycles. The molecular formula is C12H17N3O2S2. The van der Waals surface area contributed by atoms with Crippen LogP contribution >= 0.6 is 12.2 Å². The Morgan fingerprint density at radius 3 is 2.37 bits per heavy atom. The molecule has 0 amide bonds. The monoisotopic (exact) mass is 299 g/mol. The molecule has 1 heterocycles. The summed E-state index contributed by atoms with van der Waals surface area (Å²) in [5, 5.41) is 0. The molecule has 0 radical (unpaired) electrons. The molecule has 0 spiro atoms. The van der Waals surface area contributed by atoms with Gasteiger partial charge in [0.15, 0.2) is 0 Å². The number of nitrogens with zero attached hydrogens (tertiary/aromatic N) is 1. The molecule has 1 aliphatic rings. The van der Waals surface area contributed by atoms with Gasteiger partial charge in [0, 0.05) is 25.2 Å². The van der Waals surface area contributed by atoms with Crippen LogP contribution in [0.1, 0.15) is 24.0 Å². The van der Waals surface area contributed by atoms with Crippen LogP contribution in [0, 0.1) is 0 Å². The quantitative estimate of drug-likeness (QED) is 0.787. The van der Waals surface area contributed by atoms with Gasteiger partial charge in [-0.2, -0.15) is 17.4 Å². The Labute approximate surface area is 119 Å². The highest BCUT2D eigenvalue weighted by Gasteiger charge is 2.24. The second-order valence-corrected chi connectivity index (χ2v) is 6.69. The summed E-state index contributed by atoms with van der Waals surface area (Å²) in [4.78, 5) is 0.337. The molecule has 0 saturated carbocycles. The van der Waals surface area contributed by atoms with Crippen molar-refractivity contribution in [1.82, 2.24) is 9.03 Å². The SMILES string of the molecule is NC(=S)c1ccc(CNS(=O)(=O)N2CCCC2)cc1. The fourth-order valence-corrected chi connectivity index (χ4v) is 3.39. The van der Waals surface area contributed by atoms with Gasteiger partial charge < -0.3 is 5.73 Å². The van der Waals surface area contributed by atoms with Crippen molar-refractivity contribution in [3.05, 3.63) is 35.4 Å². The van der Waals surface area contributed by atoms with Crippen LogP contribution in [0.5, 0.6) is 0 Å². The van der Waals surface area contributed by atoms with E-state index in [9.17, 15) is 8.42 Å². The highest BCUT2D eigenvalue weighted by molar-refractivity contribution is 7.87. The number of nitrogens with one attached hydrogen (secondary N) is 1. The number of thiocarbonyl (C=S) groups is 1. The summed E-state index contributed by atoms with van der Waals surface area (Å²) in [5.41, 5.74) is 7.16. The van der Waals surface area contributed by atoms with Crippen LogP contribution in [0.3, 0.4) is 0 Å². The number of rotatable bonds is 5. The maximum Gasteiger partial charge on any atom is 0.279 e. The summed E-state index contributed by atoms with van der Waals surface area (Å²) in [6.45, 7) is 1.49. The molecule has 0 bridgehead atoms. The molecule has 2 rings (SSSR count). The third-order valence-corrected chi connectivity index (χ3v) is 4.89. The maximum atomic E-state index is 12.0. The zero-order valence-electron chi connectivity index (χ0n) is 10.5. The van der Waals surface area contributed by atoms with Gasteiger partial charge in [0.1, 0.15) is 4.99 Å². The standard InChI is InChI=1S/C12H17N3O2S2/c13-12(18)11-5-3-10(4-6-11)9-14-19(16,17)15-7-1-2-8-15/h3-6,14H,1-2,7-9H2,(H2,13,18). The van der Waals surface area contributed by atoms with Crippen molar-refractivity contribution in [2.75, 3.05) is 13.1 Å². The minimum atomic E-state index is -3.35.